The average molecular weight is 732 g/mol. The predicted molar refractivity (Wildman–Crippen MR) is 203 cm³/mol. The largest absolute Gasteiger partial charge is 0.491 e. The van der Waals surface area contributed by atoms with Crippen molar-refractivity contribution >= 4 is 34.1 Å². The van der Waals surface area contributed by atoms with Crippen molar-refractivity contribution in [1.82, 2.24) is 0 Å². The maximum absolute atomic E-state index is 12.3. The van der Waals surface area contributed by atoms with Gasteiger partial charge in [-0.2, -0.15) is 8.42 Å². The number of rotatable bonds is 15. The molecule has 0 radical (unpaired) electrons. The van der Waals surface area contributed by atoms with Crippen molar-refractivity contribution in [1.29, 1.82) is 0 Å². The lowest BCUT2D eigenvalue weighted by Gasteiger charge is -2.57. The Kier molecular flexibility index (Phi) is 11.8. The summed E-state index contributed by atoms with van der Waals surface area (Å²) in [7, 11) is -2.63. The second-order valence-electron chi connectivity index (χ2n) is 15.9. The Labute approximate surface area is 309 Å². The maximum atomic E-state index is 12.3. The highest BCUT2D eigenvalue weighted by Crippen LogP contribution is 2.60. The highest BCUT2D eigenvalue weighted by atomic mass is 32.2. The molecule has 3 aromatic carbocycles. The van der Waals surface area contributed by atoms with Gasteiger partial charge in [-0.25, -0.2) is 4.79 Å². The molecule has 4 fully saturated rings. The van der Waals surface area contributed by atoms with Gasteiger partial charge in [0.15, 0.2) is 0 Å². The molecule has 0 aliphatic heterocycles. The van der Waals surface area contributed by atoms with Gasteiger partial charge in [0, 0.05) is 12.7 Å². The monoisotopic (exact) mass is 731 g/mol. The van der Waals surface area contributed by atoms with Gasteiger partial charge < -0.3 is 18.9 Å². The van der Waals surface area contributed by atoms with Gasteiger partial charge >= 0.3 is 6.09 Å². The summed E-state index contributed by atoms with van der Waals surface area (Å²) < 4.78 is 57.0. The Morgan fingerprint density at radius 3 is 1.90 bits per heavy atom. The number of benzene rings is 3. The van der Waals surface area contributed by atoms with Crippen LogP contribution in [-0.2, 0) is 36.2 Å². The van der Waals surface area contributed by atoms with E-state index in [9.17, 15) is 17.8 Å². The molecule has 4 bridgehead atoms. The van der Waals surface area contributed by atoms with Gasteiger partial charge in [0.2, 0.25) is 0 Å². The van der Waals surface area contributed by atoms with Gasteiger partial charge in [0.25, 0.3) is 10.1 Å². The van der Waals surface area contributed by atoms with Gasteiger partial charge in [-0.05, 0) is 141 Å². The van der Waals surface area contributed by atoms with Crippen LogP contribution in [0.4, 0.5) is 10.5 Å². The summed E-state index contributed by atoms with van der Waals surface area (Å²) in [6.07, 6.45) is 11.7. The van der Waals surface area contributed by atoms with E-state index in [2.05, 4.69) is 0 Å². The summed E-state index contributed by atoms with van der Waals surface area (Å²) in [5.74, 6) is 3.12. The van der Waals surface area contributed by atoms with Gasteiger partial charge in [0.1, 0.15) is 18.0 Å². The van der Waals surface area contributed by atoms with Crippen molar-refractivity contribution in [3.05, 3.63) is 89.0 Å². The Bertz CT molecular complexity index is 1780. The molecule has 7 rings (SSSR count). The quantitative estimate of drug-likeness (QED) is 0.0940. The van der Waals surface area contributed by atoms with E-state index in [-0.39, 0.29) is 10.3 Å². The van der Waals surface area contributed by atoms with Crippen molar-refractivity contribution in [2.45, 2.75) is 81.6 Å². The molecule has 0 spiro atoms. The molecule has 0 heterocycles. The van der Waals surface area contributed by atoms with Crippen LogP contribution < -0.4 is 9.64 Å². The molecule has 10 heteroatoms. The van der Waals surface area contributed by atoms with Crippen molar-refractivity contribution in [2.75, 3.05) is 45.0 Å². The first-order valence-electron chi connectivity index (χ1n) is 18.5. The molecule has 0 atom stereocenters. The lowest BCUT2D eigenvalue weighted by molar-refractivity contribution is -0.00527. The number of hydrogen-bond donors (Lipinski definition) is 1. The van der Waals surface area contributed by atoms with E-state index in [0.29, 0.717) is 45.0 Å². The normalized spacial score (nSPS) is 22.5. The van der Waals surface area contributed by atoms with Crippen LogP contribution in [-0.4, -0.2) is 64.7 Å². The lowest BCUT2D eigenvalue weighted by Crippen LogP contribution is -2.48. The summed E-state index contributed by atoms with van der Waals surface area (Å²) in [5.41, 5.74) is 4.25. The highest BCUT2D eigenvalue weighted by Gasteiger charge is 2.51. The predicted octanol–water partition coefficient (Wildman–Crippen LogP) is 8.60. The van der Waals surface area contributed by atoms with Crippen molar-refractivity contribution in [3.8, 4) is 5.75 Å². The zero-order chi connectivity index (χ0) is 36.9. The van der Waals surface area contributed by atoms with Crippen LogP contribution in [0.1, 0.15) is 81.5 Å². The number of anilines is 1. The number of amides is 1. The molecule has 1 N–H and O–H groups in total. The molecule has 1 amide bonds. The SMILES string of the molecule is CN(C(=O)OC(C)(C)C)c1ccc(/C=C/c2ccc(OCCOCCOCCc3cc(C45CC6CC(CC(C6)C4)C5)ccc3S(=O)(=O)O)cc2)cc1. The van der Waals surface area contributed by atoms with Gasteiger partial charge in [-0.1, -0.05) is 48.6 Å². The van der Waals surface area contributed by atoms with Crippen LogP contribution in [0.25, 0.3) is 12.2 Å². The summed E-state index contributed by atoms with van der Waals surface area (Å²) in [4.78, 5) is 13.8. The first-order valence-corrected chi connectivity index (χ1v) is 19.9. The average Bonchev–Trinajstić information content (AvgIpc) is 3.08. The third-order valence-electron chi connectivity index (χ3n) is 10.7. The molecular weight excluding hydrogens is 679 g/mol. The van der Waals surface area contributed by atoms with Crippen LogP contribution in [0.15, 0.2) is 71.6 Å². The molecule has 4 saturated carbocycles. The number of hydrogen-bond acceptors (Lipinski definition) is 7. The van der Waals surface area contributed by atoms with Gasteiger partial charge in [-0.15, -0.1) is 0 Å². The Morgan fingerprint density at radius 1 is 0.808 bits per heavy atom. The smallest absolute Gasteiger partial charge is 0.414 e. The molecule has 0 aromatic heterocycles. The van der Waals surface area contributed by atoms with Crippen molar-refractivity contribution in [3.63, 3.8) is 0 Å². The third-order valence-corrected chi connectivity index (χ3v) is 11.6. The number of carbonyl (C=O) groups excluding carboxylic acids is 1. The fraction of sp³-hybridized carbons (Fsp3) is 0.500. The molecule has 280 valence electrons. The number of ether oxygens (including phenoxy) is 4. The number of nitrogens with zero attached hydrogens (tertiary/aromatic N) is 1. The fourth-order valence-corrected chi connectivity index (χ4v) is 9.39. The van der Waals surface area contributed by atoms with Crippen LogP contribution in [0.2, 0.25) is 0 Å². The summed E-state index contributed by atoms with van der Waals surface area (Å²) in [6, 6.07) is 21.1. The van der Waals surface area contributed by atoms with E-state index in [1.165, 1.54) is 49.0 Å². The first-order chi connectivity index (χ1) is 24.8. The Balaban J connectivity index is 0.886. The summed E-state index contributed by atoms with van der Waals surface area (Å²) in [5, 5.41) is 0. The minimum Gasteiger partial charge on any atom is -0.491 e. The van der Waals surface area contributed by atoms with E-state index in [4.69, 9.17) is 18.9 Å². The zero-order valence-electron chi connectivity index (χ0n) is 30.9. The van der Waals surface area contributed by atoms with E-state index >= 15 is 0 Å². The van der Waals surface area contributed by atoms with Crippen molar-refractivity contribution < 1.29 is 36.7 Å². The van der Waals surface area contributed by atoms with Gasteiger partial charge in [0.05, 0.1) is 31.3 Å². The summed E-state index contributed by atoms with van der Waals surface area (Å²) in [6.45, 7) is 7.44. The zero-order valence-corrected chi connectivity index (χ0v) is 31.7. The van der Waals surface area contributed by atoms with Crippen LogP contribution in [0, 0.1) is 17.8 Å². The highest BCUT2D eigenvalue weighted by molar-refractivity contribution is 7.85. The molecule has 4 aliphatic rings. The van der Waals surface area contributed by atoms with E-state index in [1.807, 2.05) is 93.6 Å². The van der Waals surface area contributed by atoms with Gasteiger partial charge in [-0.3, -0.25) is 9.45 Å². The minimum atomic E-state index is -4.32. The molecule has 0 unspecified atom stereocenters. The van der Waals surface area contributed by atoms with Crippen LogP contribution in [0.5, 0.6) is 5.75 Å². The standard InChI is InChI=1S/C42H53NO8S/c1-41(2,3)51-40(44)43(4)37-12-7-30(8-13-37)5-6-31-9-14-38(15-10-31)50-22-21-49-20-19-48-18-17-35-26-36(11-16-39(35)52(45,46)47)42-27-32-23-33(28-42)25-34(24-32)29-42/h5-16,26,32-34H,17-25,27-29H2,1-4H3,(H,45,46,47)/b6-5+. The van der Waals surface area contributed by atoms with E-state index < -0.39 is 21.8 Å². The Morgan fingerprint density at radius 2 is 1.35 bits per heavy atom. The molecule has 4 aliphatic carbocycles. The molecule has 9 nitrogen and oxygen atoms in total. The minimum absolute atomic E-state index is 0.0155. The van der Waals surface area contributed by atoms with E-state index in [0.717, 1.165) is 40.3 Å². The van der Waals surface area contributed by atoms with Crippen LogP contribution >= 0.6 is 0 Å². The van der Waals surface area contributed by atoms with E-state index in [1.54, 1.807) is 13.1 Å². The molecule has 3 aromatic rings. The molecule has 52 heavy (non-hydrogen) atoms. The van der Waals surface area contributed by atoms with Crippen molar-refractivity contribution in [2.24, 2.45) is 17.8 Å². The maximum Gasteiger partial charge on any atom is 0.414 e. The second-order valence-corrected chi connectivity index (χ2v) is 17.2. The Hall–Kier alpha value is -3.70. The van der Waals surface area contributed by atoms with Crippen LogP contribution in [0.3, 0.4) is 0 Å². The lowest BCUT2D eigenvalue weighted by atomic mass is 9.48. The third kappa shape index (κ3) is 9.83. The molecular formula is C42H53NO8S. The second kappa shape index (κ2) is 16.1. The first kappa shape index (κ1) is 38.0. The topological polar surface area (TPSA) is 112 Å². The summed E-state index contributed by atoms with van der Waals surface area (Å²) >= 11 is 0. The molecule has 0 saturated heterocycles. The fourth-order valence-electron chi connectivity index (χ4n) is 8.66. The number of carbonyl (C=O) groups is 1.